The molecule has 0 bridgehead atoms. The Morgan fingerprint density at radius 1 is 0.897 bits per heavy atom. The zero-order chi connectivity index (χ0) is 20.7. The Bertz CT molecular complexity index is 684. The van der Waals surface area contributed by atoms with Crippen molar-refractivity contribution in [2.75, 3.05) is 26.2 Å². The van der Waals surface area contributed by atoms with E-state index in [0.29, 0.717) is 6.61 Å². The van der Waals surface area contributed by atoms with E-state index in [1.165, 1.54) is 57.3 Å². The molecule has 0 saturated heterocycles. The molecule has 2 aromatic rings. The zero-order valence-electron chi connectivity index (χ0n) is 18.1. The number of halogens is 1. The molecule has 0 atom stereocenters. The maximum Gasteiger partial charge on any atom is 0.120 e. The fourth-order valence-corrected chi connectivity index (χ4v) is 3.47. The quantitative estimate of drug-likeness (QED) is 0.345. The van der Waals surface area contributed by atoms with Gasteiger partial charge in [0.05, 0.1) is 0 Å². The number of nitrogens with one attached hydrogen (secondary N) is 1. The Morgan fingerprint density at radius 3 is 2.34 bits per heavy atom. The van der Waals surface area contributed by atoms with Gasteiger partial charge in [-0.15, -0.1) is 0 Å². The van der Waals surface area contributed by atoms with Gasteiger partial charge in [-0.3, -0.25) is 0 Å². The molecule has 4 heteroatoms. The van der Waals surface area contributed by atoms with Crippen LogP contribution in [-0.4, -0.2) is 31.1 Å². The molecule has 160 valence electrons. The van der Waals surface area contributed by atoms with Gasteiger partial charge in [0.15, 0.2) is 0 Å². The van der Waals surface area contributed by atoms with E-state index in [1.54, 1.807) is 0 Å². The predicted molar refractivity (Wildman–Crippen MR) is 125 cm³/mol. The third-order valence-electron chi connectivity index (χ3n) is 5.06. The molecule has 0 saturated carbocycles. The van der Waals surface area contributed by atoms with Crippen molar-refractivity contribution >= 4 is 11.6 Å². The third kappa shape index (κ3) is 9.66. The summed E-state index contributed by atoms with van der Waals surface area (Å²) in [5.74, 6) is 0.884. The van der Waals surface area contributed by atoms with Gasteiger partial charge in [-0.25, -0.2) is 0 Å². The highest BCUT2D eigenvalue weighted by molar-refractivity contribution is 6.31. The summed E-state index contributed by atoms with van der Waals surface area (Å²) in [7, 11) is 0. The molecule has 0 spiro atoms. The summed E-state index contributed by atoms with van der Waals surface area (Å²) in [6.07, 6.45) is 6.35. The Hall–Kier alpha value is -1.55. The molecule has 0 fully saturated rings. The molecule has 0 aliphatic carbocycles. The molecule has 29 heavy (non-hydrogen) atoms. The van der Waals surface area contributed by atoms with Crippen molar-refractivity contribution in [3.05, 3.63) is 64.7 Å². The van der Waals surface area contributed by atoms with Crippen molar-refractivity contribution in [1.82, 2.24) is 10.2 Å². The van der Waals surface area contributed by atoms with E-state index < -0.39 is 0 Å². The monoisotopic (exact) mass is 416 g/mol. The van der Waals surface area contributed by atoms with Crippen LogP contribution in [0.1, 0.15) is 57.1 Å². The third-order valence-corrected chi connectivity index (χ3v) is 5.43. The Labute approximate surface area is 182 Å². The van der Waals surface area contributed by atoms with Crippen LogP contribution in [0.3, 0.4) is 0 Å². The van der Waals surface area contributed by atoms with Gasteiger partial charge in [0.2, 0.25) is 0 Å². The Kier molecular flexibility index (Phi) is 11.8. The van der Waals surface area contributed by atoms with E-state index >= 15 is 0 Å². The minimum absolute atomic E-state index is 0.488. The lowest BCUT2D eigenvalue weighted by Gasteiger charge is -2.22. The minimum Gasteiger partial charge on any atom is -0.489 e. The summed E-state index contributed by atoms with van der Waals surface area (Å²) < 4.78 is 5.93. The topological polar surface area (TPSA) is 24.5 Å². The fourth-order valence-electron chi connectivity index (χ4n) is 3.28. The van der Waals surface area contributed by atoms with Crippen LogP contribution >= 0.6 is 11.6 Å². The Balaban J connectivity index is 1.69. The fraction of sp³-hybridized carbons (Fsp3) is 0.520. The maximum absolute atomic E-state index is 6.20. The van der Waals surface area contributed by atoms with Crippen LogP contribution < -0.4 is 10.1 Å². The summed E-state index contributed by atoms with van der Waals surface area (Å²) >= 11 is 6.20. The van der Waals surface area contributed by atoms with Gasteiger partial charge >= 0.3 is 0 Å². The van der Waals surface area contributed by atoms with E-state index in [1.807, 2.05) is 30.3 Å². The van der Waals surface area contributed by atoms with E-state index in [2.05, 4.69) is 42.3 Å². The van der Waals surface area contributed by atoms with Crippen LogP contribution in [0.5, 0.6) is 5.75 Å². The first-order chi connectivity index (χ1) is 14.2. The number of ether oxygens (including phenoxy) is 1. The molecule has 0 heterocycles. The Morgan fingerprint density at radius 2 is 1.62 bits per heavy atom. The molecule has 0 aliphatic rings. The summed E-state index contributed by atoms with van der Waals surface area (Å²) in [5, 5.41) is 4.32. The SMILES string of the molecule is CCCCN(CCCC)CCCNCc1cccc(OCc2ccccc2Cl)c1. The van der Waals surface area contributed by atoms with Gasteiger partial charge < -0.3 is 15.0 Å². The molecule has 0 aromatic heterocycles. The lowest BCUT2D eigenvalue weighted by molar-refractivity contribution is 0.261. The van der Waals surface area contributed by atoms with Gasteiger partial charge in [-0.05, 0) is 69.2 Å². The van der Waals surface area contributed by atoms with Gasteiger partial charge in [0.25, 0.3) is 0 Å². The van der Waals surface area contributed by atoms with Crippen LogP contribution in [0.15, 0.2) is 48.5 Å². The van der Waals surface area contributed by atoms with E-state index in [0.717, 1.165) is 29.4 Å². The maximum atomic E-state index is 6.20. The largest absolute Gasteiger partial charge is 0.489 e. The average Bonchev–Trinajstić information content (AvgIpc) is 2.74. The minimum atomic E-state index is 0.488. The van der Waals surface area contributed by atoms with Crippen molar-refractivity contribution < 1.29 is 4.74 Å². The molecular formula is C25H37ClN2O. The molecule has 0 unspecified atom stereocenters. The van der Waals surface area contributed by atoms with E-state index in [9.17, 15) is 0 Å². The lowest BCUT2D eigenvalue weighted by atomic mass is 10.2. The number of benzene rings is 2. The van der Waals surface area contributed by atoms with Crippen LogP contribution in [0.25, 0.3) is 0 Å². The van der Waals surface area contributed by atoms with Crippen LogP contribution in [0, 0.1) is 0 Å². The van der Waals surface area contributed by atoms with Gasteiger partial charge in [0.1, 0.15) is 12.4 Å². The average molecular weight is 417 g/mol. The zero-order valence-corrected chi connectivity index (χ0v) is 18.9. The van der Waals surface area contributed by atoms with E-state index in [-0.39, 0.29) is 0 Å². The summed E-state index contributed by atoms with van der Waals surface area (Å²) in [6.45, 7) is 10.6. The first-order valence-corrected chi connectivity index (χ1v) is 11.5. The van der Waals surface area contributed by atoms with Crippen LogP contribution in [0.2, 0.25) is 5.02 Å². The molecular weight excluding hydrogens is 380 g/mol. The summed E-state index contributed by atoms with van der Waals surface area (Å²) in [6, 6.07) is 16.1. The second kappa shape index (κ2) is 14.4. The molecule has 0 aliphatic heterocycles. The molecule has 1 N–H and O–H groups in total. The van der Waals surface area contributed by atoms with E-state index in [4.69, 9.17) is 16.3 Å². The van der Waals surface area contributed by atoms with Gasteiger partial charge in [-0.2, -0.15) is 0 Å². The van der Waals surface area contributed by atoms with Crippen molar-refractivity contribution in [3.63, 3.8) is 0 Å². The second-order valence-corrected chi connectivity index (χ2v) is 8.01. The summed E-state index contributed by atoms with van der Waals surface area (Å²) in [5.41, 5.74) is 2.25. The van der Waals surface area contributed by atoms with Crippen molar-refractivity contribution in [2.24, 2.45) is 0 Å². The second-order valence-electron chi connectivity index (χ2n) is 7.61. The molecule has 2 rings (SSSR count). The van der Waals surface area contributed by atoms with Crippen molar-refractivity contribution in [2.45, 2.75) is 59.1 Å². The van der Waals surface area contributed by atoms with Gasteiger partial charge in [-0.1, -0.05) is 68.6 Å². The highest BCUT2D eigenvalue weighted by Gasteiger charge is 2.04. The van der Waals surface area contributed by atoms with Crippen molar-refractivity contribution in [3.8, 4) is 5.75 Å². The number of hydrogen-bond acceptors (Lipinski definition) is 3. The highest BCUT2D eigenvalue weighted by Crippen LogP contribution is 2.19. The molecule has 2 aromatic carbocycles. The first-order valence-electron chi connectivity index (χ1n) is 11.1. The molecule has 0 amide bonds. The standard InChI is InChI=1S/C25H37ClN2O/c1-3-5-16-28(17-6-4-2)18-10-15-27-20-22-11-9-13-24(19-22)29-21-23-12-7-8-14-25(23)26/h7-9,11-14,19,27H,3-6,10,15-18,20-21H2,1-2H3. The molecule has 3 nitrogen and oxygen atoms in total. The highest BCUT2D eigenvalue weighted by atomic mass is 35.5. The van der Waals surface area contributed by atoms with Crippen molar-refractivity contribution in [1.29, 1.82) is 0 Å². The van der Waals surface area contributed by atoms with Crippen LogP contribution in [0.4, 0.5) is 0 Å². The first kappa shape index (κ1) is 23.7. The normalized spacial score (nSPS) is 11.2. The molecule has 0 radical (unpaired) electrons. The number of hydrogen-bond donors (Lipinski definition) is 1. The number of unbranched alkanes of at least 4 members (excludes halogenated alkanes) is 2. The van der Waals surface area contributed by atoms with Gasteiger partial charge in [0, 0.05) is 17.1 Å². The smallest absolute Gasteiger partial charge is 0.120 e. The lowest BCUT2D eigenvalue weighted by Crippen LogP contribution is -2.29. The number of rotatable bonds is 15. The number of nitrogens with zero attached hydrogens (tertiary/aromatic N) is 1. The predicted octanol–water partition coefficient (Wildman–Crippen LogP) is 6.30. The van der Waals surface area contributed by atoms with Crippen LogP contribution in [-0.2, 0) is 13.2 Å². The summed E-state index contributed by atoms with van der Waals surface area (Å²) in [4.78, 5) is 2.62.